The molecular weight excluding hydrogens is 300 g/mol. The Labute approximate surface area is 132 Å². The number of carbonyl (C=O) groups excluding carboxylic acids is 1. The van der Waals surface area contributed by atoms with Crippen LogP contribution in [0.4, 0.5) is 0 Å². The Kier molecular flexibility index (Phi) is 5.71. The second kappa shape index (κ2) is 7.54. The smallest absolute Gasteiger partial charge is 0.238 e. The van der Waals surface area contributed by atoms with Crippen LogP contribution in [-0.2, 0) is 21.2 Å². The summed E-state index contributed by atoms with van der Waals surface area (Å²) in [7, 11) is -3.32. The van der Waals surface area contributed by atoms with Gasteiger partial charge in [0.25, 0.3) is 0 Å². The van der Waals surface area contributed by atoms with E-state index in [9.17, 15) is 13.2 Å². The van der Waals surface area contributed by atoms with E-state index in [4.69, 9.17) is 0 Å². The summed E-state index contributed by atoms with van der Waals surface area (Å²) in [4.78, 5) is 18.1. The van der Waals surface area contributed by atoms with Crippen molar-refractivity contribution >= 4 is 15.7 Å². The van der Waals surface area contributed by atoms with Crippen LogP contribution in [0.3, 0.4) is 0 Å². The largest absolute Gasteiger partial charge is 0.337 e. The van der Waals surface area contributed by atoms with Gasteiger partial charge in [-0.05, 0) is 36.8 Å². The highest BCUT2D eigenvalue weighted by Crippen LogP contribution is 2.20. The van der Waals surface area contributed by atoms with Crippen molar-refractivity contribution in [1.29, 1.82) is 0 Å². The number of aromatic nitrogens is 1. The first kappa shape index (κ1) is 16.7. The number of sulfone groups is 1. The molecule has 5 nitrogen and oxygen atoms in total. The minimum absolute atomic E-state index is 0.332. The maximum atomic E-state index is 12.3. The number of pyridine rings is 1. The van der Waals surface area contributed by atoms with Crippen LogP contribution >= 0.6 is 0 Å². The van der Waals surface area contributed by atoms with E-state index in [2.05, 4.69) is 17.1 Å². The van der Waals surface area contributed by atoms with Crippen molar-refractivity contribution in [2.24, 2.45) is 5.92 Å². The van der Waals surface area contributed by atoms with Gasteiger partial charge < -0.3 is 4.90 Å². The number of rotatable bonds is 6. The Balaban J connectivity index is 2.08. The predicted molar refractivity (Wildman–Crippen MR) is 85.8 cm³/mol. The Hall–Kier alpha value is -1.69. The van der Waals surface area contributed by atoms with Crippen LogP contribution in [0.15, 0.2) is 36.7 Å². The lowest BCUT2D eigenvalue weighted by Gasteiger charge is -2.28. The maximum absolute atomic E-state index is 12.3. The zero-order chi connectivity index (χ0) is 16.0. The first-order chi connectivity index (χ1) is 10.4. The molecule has 0 saturated heterocycles. The fourth-order valence-corrected chi connectivity index (χ4v) is 3.25. The van der Waals surface area contributed by atoms with Crippen LogP contribution in [0.2, 0.25) is 0 Å². The van der Waals surface area contributed by atoms with Crippen molar-refractivity contribution in [2.45, 2.75) is 25.8 Å². The topological polar surface area (TPSA) is 67.3 Å². The van der Waals surface area contributed by atoms with E-state index in [-0.39, 0.29) is 5.91 Å². The van der Waals surface area contributed by atoms with Crippen LogP contribution < -0.4 is 0 Å². The van der Waals surface area contributed by atoms with Crippen LogP contribution in [0.5, 0.6) is 0 Å². The molecule has 1 aliphatic rings. The number of hydrogen-bond acceptors (Lipinski definition) is 4. The summed E-state index contributed by atoms with van der Waals surface area (Å²) in [5.74, 6) is -0.374. The second-order valence-electron chi connectivity index (χ2n) is 5.86. The monoisotopic (exact) mass is 322 g/mol. The minimum atomic E-state index is -3.32. The first-order valence-electron chi connectivity index (χ1n) is 7.43. The molecule has 1 aromatic rings. The van der Waals surface area contributed by atoms with Gasteiger partial charge in [0.05, 0.1) is 0 Å². The van der Waals surface area contributed by atoms with E-state index >= 15 is 0 Å². The molecule has 6 heteroatoms. The summed E-state index contributed by atoms with van der Waals surface area (Å²) in [5.41, 5.74) is 0.913. The van der Waals surface area contributed by atoms with Gasteiger partial charge in [-0.25, -0.2) is 8.42 Å². The molecule has 0 saturated carbocycles. The average molecular weight is 322 g/mol. The Morgan fingerprint density at radius 1 is 1.41 bits per heavy atom. The first-order valence-corrected chi connectivity index (χ1v) is 9.49. The molecule has 1 unspecified atom stereocenters. The summed E-state index contributed by atoms with van der Waals surface area (Å²) in [5, 5.41) is 0. The van der Waals surface area contributed by atoms with Gasteiger partial charge >= 0.3 is 0 Å². The molecule has 0 radical (unpaired) electrons. The molecule has 0 bridgehead atoms. The fourth-order valence-electron chi connectivity index (χ4n) is 2.62. The molecule has 1 aromatic heterocycles. The maximum Gasteiger partial charge on any atom is 0.238 e. The van der Waals surface area contributed by atoms with Crippen LogP contribution in [0.25, 0.3) is 0 Å². The zero-order valence-corrected chi connectivity index (χ0v) is 13.6. The second-order valence-corrected chi connectivity index (χ2v) is 8.00. The minimum Gasteiger partial charge on any atom is -0.337 e. The quantitative estimate of drug-likeness (QED) is 0.749. The lowest BCUT2D eigenvalue weighted by atomic mass is 9.94. The molecule has 2 rings (SSSR count). The molecule has 120 valence electrons. The van der Waals surface area contributed by atoms with Gasteiger partial charge in [0, 0.05) is 31.7 Å². The van der Waals surface area contributed by atoms with Crippen molar-refractivity contribution in [3.63, 3.8) is 0 Å². The molecule has 0 aliphatic heterocycles. The number of nitrogens with zero attached hydrogens (tertiary/aromatic N) is 2. The Bertz CT molecular complexity index is 626. The molecule has 22 heavy (non-hydrogen) atoms. The van der Waals surface area contributed by atoms with E-state index in [0.29, 0.717) is 19.0 Å². The normalized spacial score (nSPS) is 18.1. The van der Waals surface area contributed by atoms with Crippen molar-refractivity contribution < 1.29 is 13.2 Å². The summed E-state index contributed by atoms with van der Waals surface area (Å²) in [6.45, 7) is 0.996. The lowest BCUT2D eigenvalue weighted by Crippen LogP contribution is -2.38. The van der Waals surface area contributed by atoms with Gasteiger partial charge in [0.2, 0.25) is 5.91 Å². The molecule has 1 amide bonds. The molecule has 1 atom stereocenters. The molecular formula is C16H22N2O3S. The summed E-state index contributed by atoms with van der Waals surface area (Å²) in [6, 6.07) is 3.71. The molecule has 0 spiro atoms. The predicted octanol–water partition coefficient (Wildman–Crippen LogP) is 1.81. The van der Waals surface area contributed by atoms with Crippen LogP contribution in [0, 0.1) is 5.92 Å². The summed E-state index contributed by atoms with van der Waals surface area (Å²) >= 11 is 0. The lowest BCUT2D eigenvalue weighted by molar-refractivity contribution is -0.129. The van der Waals surface area contributed by atoms with Gasteiger partial charge in [-0.15, -0.1) is 0 Å². The third kappa shape index (κ3) is 5.60. The van der Waals surface area contributed by atoms with E-state index in [1.807, 2.05) is 12.1 Å². The van der Waals surface area contributed by atoms with Crippen molar-refractivity contribution in [2.75, 3.05) is 18.6 Å². The summed E-state index contributed by atoms with van der Waals surface area (Å²) in [6.07, 6.45) is 11.8. The van der Waals surface area contributed by atoms with E-state index in [0.717, 1.165) is 31.1 Å². The van der Waals surface area contributed by atoms with Crippen molar-refractivity contribution in [3.8, 4) is 0 Å². The van der Waals surface area contributed by atoms with E-state index < -0.39 is 15.6 Å². The van der Waals surface area contributed by atoms with Gasteiger partial charge in [0.1, 0.15) is 5.75 Å². The van der Waals surface area contributed by atoms with Crippen LogP contribution in [-0.4, -0.2) is 42.8 Å². The van der Waals surface area contributed by atoms with Crippen molar-refractivity contribution in [3.05, 3.63) is 42.2 Å². The molecule has 0 aromatic carbocycles. The SMILES string of the molecule is CS(=O)(=O)CC(=O)N(Cc1cccnc1)CC1CC=CCC1. The van der Waals surface area contributed by atoms with Gasteiger partial charge in [-0.3, -0.25) is 9.78 Å². The number of carbonyl (C=O) groups is 1. The zero-order valence-electron chi connectivity index (χ0n) is 12.8. The molecule has 0 N–H and O–H groups in total. The van der Waals surface area contributed by atoms with E-state index in [1.54, 1.807) is 17.3 Å². The van der Waals surface area contributed by atoms with Gasteiger partial charge in [0.15, 0.2) is 9.84 Å². The van der Waals surface area contributed by atoms with Crippen molar-refractivity contribution in [1.82, 2.24) is 9.88 Å². The number of hydrogen-bond donors (Lipinski definition) is 0. The van der Waals surface area contributed by atoms with E-state index in [1.165, 1.54) is 0 Å². The fraction of sp³-hybridized carbons (Fsp3) is 0.500. The van der Waals surface area contributed by atoms with Gasteiger partial charge in [-0.2, -0.15) is 0 Å². The molecule has 0 fully saturated rings. The Morgan fingerprint density at radius 3 is 2.82 bits per heavy atom. The average Bonchev–Trinajstić information content (AvgIpc) is 2.47. The standard InChI is InChI=1S/C16H22N2O3S/c1-22(20,21)13-16(19)18(11-14-6-3-2-4-7-14)12-15-8-5-9-17-10-15/h2-3,5,8-10,14H,4,6-7,11-13H2,1H3. The number of amides is 1. The highest BCUT2D eigenvalue weighted by Gasteiger charge is 2.22. The molecule has 1 aliphatic carbocycles. The third-order valence-electron chi connectivity index (χ3n) is 3.69. The highest BCUT2D eigenvalue weighted by atomic mass is 32.2. The Morgan fingerprint density at radius 2 is 2.23 bits per heavy atom. The van der Waals surface area contributed by atoms with Crippen LogP contribution in [0.1, 0.15) is 24.8 Å². The molecule has 1 heterocycles. The third-order valence-corrected chi connectivity index (χ3v) is 4.46. The number of allylic oxidation sites excluding steroid dienone is 2. The highest BCUT2D eigenvalue weighted by molar-refractivity contribution is 7.91. The van der Waals surface area contributed by atoms with Gasteiger partial charge in [-0.1, -0.05) is 18.2 Å². The summed E-state index contributed by atoms with van der Waals surface area (Å²) < 4.78 is 22.8.